The Labute approximate surface area is 155 Å². The maximum absolute atomic E-state index is 12.4. The predicted octanol–water partition coefficient (Wildman–Crippen LogP) is 2.28. The van der Waals surface area contributed by atoms with Gasteiger partial charge in [0.1, 0.15) is 0 Å². The van der Waals surface area contributed by atoms with E-state index in [1.165, 1.54) is 12.0 Å². The number of nitrogens with one attached hydrogen (secondary N) is 2. The molecular weight excluding hydrogens is 338 g/mol. The average molecular weight is 366 g/mol. The van der Waals surface area contributed by atoms with Crippen molar-refractivity contribution in [3.63, 3.8) is 0 Å². The Kier molecular flexibility index (Phi) is 7.72. The van der Waals surface area contributed by atoms with Crippen molar-refractivity contribution in [3.05, 3.63) is 29.8 Å². The fourth-order valence-corrected chi connectivity index (χ4v) is 3.58. The second kappa shape index (κ2) is 9.78. The number of halogens is 1. The molecule has 0 radical (unpaired) electrons. The summed E-state index contributed by atoms with van der Waals surface area (Å²) < 4.78 is 0. The van der Waals surface area contributed by atoms with Gasteiger partial charge in [0.15, 0.2) is 0 Å². The quantitative estimate of drug-likeness (QED) is 0.729. The minimum absolute atomic E-state index is 0. The van der Waals surface area contributed by atoms with E-state index in [9.17, 15) is 9.59 Å². The van der Waals surface area contributed by atoms with Gasteiger partial charge in [0, 0.05) is 31.6 Å². The number of nitrogens with zero attached hydrogens (tertiary/aromatic N) is 1. The summed E-state index contributed by atoms with van der Waals surface area (Å²) in [5.41, 5.74) is 2.30. The minimum Gasteiger partial charge on any atom is -0.356 e. The molecule has 6 heteroatoms. The van der Waals surface area contributed by atoms with E-state index in [0.717, 1.165) is 38.2 Å². The van der Waals surface area contributed by atoms with Crippen LogP contribution in [0.2, 0.25) is 0 Å². The summed E-state index contributed by atoms with van der Waals surface area (Å²) in [5, 5.41) is 6.26. The molecule has 0 spiro atoms. The average Bonchev–Trinajstić information content (AvgIpc) is 3.26. The Bertz CT molecular complexity index is 588. The number of rotatable bonds is 7. The zero-order valence-corrected chi connectivity index (χ0v) is 15.4. The number of carbonyl (C=O) groups is 2. The molecule has 5 nitrogen and oxygen atoms in total. The fourth-order valence-electron chi connectivity index (χ4n) is 3.58. The standard InChI is InChI=1S/C19H27N3O2.ClH/c23-18(8-7-15-9-12-20-14-15)21-11-3-6-19(24)22-13-10-16-4-1-2-5-17(16)22;/h1-2,4-5,15,20H,3,6-14H2,(H,21,23);1H. The Morgan fingerprint density at radius 3 is 2.88 bits per heavy atom. The first-order valence-corrected chi connectivity index (χ1v) is 9.10. The van der Waals surface area contributed by atoms with Gasteiger partial charge in [-0.3, -0.25) is 9.59 Å². The molecule has 1 unspecified atom stereocenters. The summed E-state index contributed by atoms with van der Waals surface area (Å²) in [4.78, 5) is 26.1. The summed E-state index contributed by atoms with van der Waals surface area (Å²) in [6, 6.07) is 8.09. The second-order valence-electron chi connectivity index (χ2n) is 6.78. The van der Waals surface area contributed by atoms with Gasteiger partial charge in [0.25, 0.3) is 0 Å². The third-order valence-electron chi connectivity index (χ3n) is 5.02. The third-order valence-corrected chi connectivity index (χ3v) is 5.02. The first-order valence-electron chi connectivity index (χ1n) is 9.10. The molecule has 0 saturated carbocycles. The van der Waals surface area contributed by atoms with Gasteiger partial charge in [-0.1, -0.05) is 18.2 Å². The van der Waals surface area contributed by atoms with Crippen molar-refractivity contribution in [2.45, 2.75) is 38.5 Å². The SMILES string of the molecule is Cl.O=C(CCC1CCNC1)NCCCC(=O)N1CCc2ccccc21. The number of amides is 2. The smallest absolute Gasteiger partial charge is 0.227 e. The normalized spacial score (nSPS) is 18.6. The van der Waals surface area contributed by atoms with E-state index in [2.05, 4.69) is 16.7 Å². The number of anilines is 1. The van der Waals surface area contributed by atoms with Crippen LogP contribution in [0.4, 0.5) is 5.69 Å². The molecule has 1 aromatic carbocycles. The number of benzene rings is 1. The predicted molar refractivity (Wildman–Crippen MR) is 102 cm³/mol. The van der Waals surface area contributed by atoms with Gasteiger partial charge in [-0.05, 0) is 56.3 Å². The summed E-state index contributed by atoms with van der Waals surface area (Å²) >= 11 is 0. The van der Waals surface area contributed by atoms with Crippen molar-refractivity contribution >= 4 is 29.9 Å². The van der Waals surface area contributed by atoms with Crippen LogP contribution in [-0.2, 0) is 16.0 Å². The largest absolute Gasteiger partial charge is 0.356 e. The lowest BCUT2D eigenvalue weighted by Gasteiger charge is -2.17. The number of carbonyl (C=O) groups excluding carboxylic acids is 2. The van der Waals surface area contributed by atoms with E-state index in [1.54, 1.807) is 0 Å². The fraction of sp³-hybridized carbons (Fsp3) is 0.579. The first-order chi connectivity index (χ1) is 11.7. The van der Waals surface area contributed by atoms with Gasteiger partial charge in [0.05, 0.1) is 0 Å². The molecule has 138 valence electrons. The van der Waals surface area contributed by atoms with Crippen molar-refractivity contribution in [1.29, 1.82) is 0 Å². The molecule has 0 aromatic heterocycles. The van der Waals surface area contributed by atoms with Crippen molar-refractivity contribution in [2.24, 2.45) is 5.92 Å². The molecular formula is C19H28ClN3O2. The van der Waals surface area contributed by atoms with Crippen LogP contribution in [0.3, 0.4) is 0 Å². The molecule has 1 fully saturated rings. The Morgan fingerprint density at radius 1 is 1.24 bits per heavy atom. The number of hydrogen-bond donors (Lipinski definition) is 2. The molecule has 0 bridgehead atoms. The van der Waals surface area contributed by atoms with Gasteiger partial charge in [0.2, 0.25) is 11.8 Å². The summed E-state index contributed by atoms with van der Waals surface area (Å²) in [6.45, 7) is 3.48. The Morgan fingerprint density at radius 2 is 2.08 bits per heavy atom. The molecule has 2 aliphatic heterocycles. The Balaban J connectivity index is 0.00000225. The molecule has 2 N–H and O–H groups in total. The van der Waals surface area contributed by atoms with Crippen LogP contribution in [-0.4, -0.2) is 38.0 Å². The van der Waals surface area contributed by atoms with Gasteiger partial charge >= 0.3 is 0 Å². The number of para-hydroxylation sites is 1. The summed E-state index contributed by atoms with van der Waals surface area (Å²) in [5.74, 6) is 0.916. The van der Waals surface area contributed by atoms with Gasteiger partial charge in [-0.25, -0.2) is 0 Å². The molecule has 1 saturated heterocycles. The zero-order chi connectivity index (χ0) is 16.8. The van der Waals surface area contributed by atoms with Crippen LogP contribution in [0.15, 0.2) is 24.3 Å². The highest BCUT2D eigenvalue weighted by Crippen LogP contribution is 2.27. The molecule has 1 aromatic rings. The maximum atomic E-state index is 12.4. The van der Waals surface area contributed by atoms with Crippen molar-refractivity contribution < 1.29 is 9.59 Å². The lowest BCUT2D eigenvalue weighted by atomic mass is 10.0. The van der Waals surface area contributed by atoms with E-state index < -0.39 is 0 Å². The number of fused-ring (bicyclic) bond motifs is 1. The van der Waals surface area contributed by atoms with Crippen molar-refractivity contribution in [1.82, 2.24) is 10.6 Å². The van der Waals surface area contributed by atoms with Crippen LogP contribution < -0.4 is 15.5 Å². The van der Waals surface area contributed by atoms with Crippen LogP contribution in [0.1, 0.15) is 37.7 Å². The van der Waals surface area contributed by atoms with Crippen molar-refractivity contribution in [2.75, 3.05) is 31.1 Å². The van der Waals surface area contributed by atoms with E-state index in [0.29, 0.717) is 31.7 Å². The zero-order valence-electron chi connectivity index (χ0n) is 14.6. The molecule has 25 heavy (non-hydrogen) atoms. The summed E-state index contributed by atoms with van der Waals surface area (Å²) in [7, 11) is 0. The highest BCUT2D eigenvalue weighted by Gasteiger charge is 2.23. The van der Waals surface area contributed by atoms with Gasteiger partial charge in [-0.15, -0.1) is 12.4 Å². The molecule has 2 amide bonds. The topological polar surface area (TPSA) is 61.4 Å². The lowest BCUT2D eigenvalue weighted by molar-refractivity contribution is -0.122. The lowest BCUT2D eigenvalue weighted by Crippen LogP contribution is -2.30. The Hall–Kier alpha value is -1.59. The molecule has 2 heterocycles. The van der Waals surface area contributed by atoms with E-state index >= 15 is 0 Å². The molecule has 1 atom stereocenters. The van der Waals surface area contributed by atoms with E-state index in [1.807, 2.05) is 23.1 Å². The summed E-state index contributed by atoms with van der Waals surface area (Å²) in [6.07, 6.45) is 4.87. The molecule has 0 aliphatic carbocycles. The van der Waals surface area contributed by atoms with E-state index in [-0.39, 0.29) is 24.2 Å². The second-order valence-corrected chi connectivity index (χ2v) is 6.78. The third kappa shape index (κ3) is 5.44. The monoisotopic (exact) mass is 365 g/mol. The minimum atomic E-state index is 0. The first kappa shape index (κ1) is 19.7. The highest BCUT2D eigenvalue weighted by atomic mass is 35.5. The maximum Gasteiger partial charge on any atom is 0.227 e. The van der Waals surface area contributed by atoms with Crippen LogP contribution in [0, 0.1) is 5.92 Å². The van der Waals surface area contributed by atoms with Gasteiger partial charge in [-0.2, -0.15) is 0 Å². The van der Waals surface area contributed by atoms with Crippen molar-refractivity contribution in [3.8, 4) is 0 Å². The van der Waals surface area contributed by atoms with Crippen LogP contribution in [0.5, 0.6) is 0 Å². The van der Waals surface area contributed by atoms with E-state index in [4.69, 9.17) is 0 Å². The van der Waals surface area contributed by atoms with Crippen LogP contribution >= 0.6 is 12.4 Å². The number of hydrogen-bond acceptors (Lipinski definition) is 3. The molecule has 3 rings (SSSR count). The highest BCUT2D eigenvalue weighted by molar-refractivity contribution is 5.95. The van der Waals surface area contributed by atoms with Crippen LogP contribution in [0.25, 0.3) is 0 Å². The molecule has 2 aliphatic rings. The van der Waals surface area contributed by atoms with Gasteiger partial charge < -0.3 is 15.5 Å².